The molecule has 5 unspecified atom stereocenters. The van der Waals surface area contributed by atoms with Crippen LogP contribution in [0, 0.1) is 11.8 Å². The standard InChI is InChI=1S/C36H46FN9O7S/c1-21(2)33-23(15-31(49)40-11-13-45-19-26(43-44-45)29-18-41-36(38)54-29)8-9-30(48)39-10-4-6-22(3)14-25(47)16-24(37)17-32-42-27(20-52-32)34(50)46-12-5-7-28(46)35(51)53-33/h4,6,8-9,14,18-21,23-25,28,33,47H,5,7,10-13,15-17H2,1-3H3,(H2,38,41)(H,39,48)(H,40,49)/b6-4?,9-8+,22-14?. The minimum Gasteiger partial charge on any atom is -0.460 e. The number of ether oxygens (including phenoxy) is 1. The van der Waals surface area contributed by atoms with E-state index in [1.54, 1.807) is 42.2 Å². The number of anilines is 1. The fourth-order valence-electron chi connectivity index (χ4n) is 6.29. The van der Waals surface area contributed by atoms with Gasteiger partial charge in [-0.05, 0) is 31.8 Å². The molecule has 1 fully saturated rings. The number of aliphatic hydroxyl groups is 1. The van der Waals surface area contributed by atoms with Gasteiger partial charge in [0.1, 0.15) is 30.3 Å². The van der Waals surface area contributed by atoms with Crippen LogP contribution in [-0.4, -0.2) is 103 Å². The van der Waals surface area contributed by atoms with Gasteiger partial charge in [-0.1, -0.05) is 60.3 Å². The summed E-state index contributed by atoms with van der Waals surface area (Å²) in [6, 6.07) is -0.929. The maximum absolute atomic E-state index is 14.8. The highest BCUT2D eigenvalue weighted by atomic mass is 32.1. The summed E-state index contributed by atoms with van der Waals surface area (Å²) in [6.07, 6.45) is 9.05. The van der Waals surface area contributed by atoms with Gasteiger partial charge in [0.25, 0.3) is 5.91 Å². The van der Waals surface area contributed by atoms with E-state index in [2.05, 4.69) is 30.9 Å². The Labute approximate surface area is 315 Å². The van der Waals surface area contributed by atoms with Gasteiger partial charge in [-0.3, -0.25) is 19.1 Å². The number of esters is 1. The predicted octanol–water partition coefficient (Wildman–Crippen LogP) is 2.79. The summed E-state index contributed by atoms with van der Waals surface area (Å²) >= 11 is 1.28. The molecule has 16 nitrogen and oxygen atoms in total. The van der Waals surface area contributed by atoms with Crippen LogP contribution in [0.3, 0.4) is 0 Å². The van der Waals surface area contributed by atoms with Crippen molar-refractivity contribution in [1.29, 1.82) is 0 Å². The van der Waals surface area contributed by atoms with Crippen molar-refractivity contribution in [3.05, 3.63) is 66.2 Å². The smallest absolute Gasteiger partial charge is 0.329 e. The molecule has 3 aromatic rings. The molecule has 5 heterocycles. The monoisotopic (exact) mass is 767 g/mol. The highest BCUT2D eigenvalue weighted by Gasteiger charge is 2.39. The first-order valence-corrected chi connectivity index (χ1v) is 18.7. The molecule has 5 rings (SSSR count). The van der Waals surface area contributed by atoms with E-state index in [-0.39, 0.29) is 62.3 Å². The van der Waals surface area contributed by atoms with E-state index in [1.807, 2.05) is 13.8 Å². The number of alkyl halides is 1. The normalized spacial score (nSPS) is 24.1. The first kappa shape index (κ1) is 40.0. The van der Waals surface area contributed by atoms with Crippen LogP contribution < -0.4 is 16.4 Å². The van der Waals surface area contributed by atoms with Crippen LogP contribution in [0.5, 0.6) is 0 Å². The number of hydrogen-bond donors (Lipinski definition) is 4. The third-order valence-electron chi connectivity index (χ3n) is 8.91. The number of nitrogens with two attached hydrogens (primary N) is 1. The number of aliphatic hydroxyl groups excluding tert-OH is 1. The largest absolute Gasteiger partial charge is 0.460 e. The molecule has 0 radical (unpaired) electrons. The van der Waals surface area contributed by atoms with Gasteiger partial charge in [0.05, 0.1) is 30.1 Å². The summed E-state index contributed by atoms with van der Waals surface area (Å²) in [7, 11) is 0. The molecule has 0 saturated carbocycles. The molecule has 3 amide bonds. The zero-order valence-electron chi connectivity index (χ0n) is 30.4. The number of fused-ring (bicyclic) bond motifs is 3. The molecule has 3 aromatic heterocycles. The average Bonchev–Trinajstić information content (AvgIpc) is 3.94. The quantitative estimate of drug-likeness (QED) is 0.255. The molecule has 0 aromatic carbocycles. The molecule has 0 spiro atoms. The SMILES string of the molecule is CC1=CC(O)CC(F)Cc2nc(co2)C(=O)N2CCCC2C(=O)OC(C(C)C)C(CC(=O)NCCn2cc(-c3cnc(N)s3)nn2)/C=C/C(=O)NCC=C1. The number of cyclic esters (lactones) is 1. The van der Waals surface area contributed by atoms with Crippen molar-refractivity contribution in [2.45, 2.75) is 83.8 Å². The van der Waals surface area contributed by atoms with E-state index in [0.29, 0.717) is 35.8 Å². The Morgan fingerprint density at radius 3 is 2.81 bits per heavy atom. The first-order valence-electron chi connectivity index (χ1n) is 17.8. The van der Waals surface area contributed by atoms with Crippen LogP contribution in [0.1, 0.15) is 62.8 Å². The van der Waals surface area contributed by atoms with Crippen LogP contribution >= 0.6 is 11.3 Å². The van der Waals surface area contributed by atoms with Crippen molar-refractivity contribution in [1.82, 2.24) is 40.5 Å². The summed E-state index contributed by atoms with van der Waals surface area (Å²) in [5.74, 6) is -3.01. The molecule has 2 bridgehead atoms. The molecule has 54 heavy (non-hydrogen) atoms. The van der Waals surface area contributed by atoms with Gasteiger partial charge in [0.15, 0.2) is 16.7 Å². The fourth-order valence-corrected chi connectivity index (χ4v) is 6.92. The number of nitrogen functional groups attached to an aromatic ring is 1. The topological polar surface area (TPSA) is 221 Å². The average molecular weight is 768 g/mol. The Balaban J connectivity index is 1.32. The van der Waals surface area contributed by atoms with Crippen molar-refractivity contribution in [3.63, 3.8) is 0 Å². The summed E-state index contributed by atoms with van der Waals surface area (Å²) in [4.78, 5) is 63.8. The summed E-state index contributed by atoms with van der Waals surface area (Å²) in [5.41, 5.74) is 6.91. The van der Waals surface area contributed by atoms with Crippen molar-refractivity contribution < 1.29 is 37.8 Å². The molecule has 18 heteroatoms. The van der Waals surface area contributed by atoms with Gasteiger partial charge >= 0.3 is 5.97 Å². The Kier molecular flexibility index (Phi) is 13.8. The highest BCUT2D eigenvalue weighted by molar-refractivity contribution is 7.18. The van der Waals surface area contributed by atoms with Crippen molar-refractivity contribution in [3.8, 4) is 10.6 Å². The Morgan fingerprint density at radius 2 is 2.06 bits per heavy atom. The molecule has 290 valence electrons. The molecular formula is C36H46FN9O7S. The van der Waals surface area contributed by atoms with E-state index in [9.17, 15) is 28.7 Å². The van der Waals surface area contributed by atoms with Crippen molar-refractivity contribution in [2.75, 3.05) is 25.4 Å². The highest BCUT2D eigenvalue weighted by Crippen LogP contribution is 2.28. The number of halogens is 1. The predicted molar refractivity (Wildman–Crippen MR) is 196 cm³/mol. The molecule has 5 atom stereocenters. The van der Waals surface area contributed by atoms with Gasteiger partial charge in [-0.25, -0.2) is 19.2 Å². The fraction of sp³-hybridized carbons (Fsp3) is 0.500. The molecule has 2 aliphatic rings. The van der Waals surface area contributed by atoms with Crippen LogP contribution in [0.2, 0.25) is 0 Å². The number of carbonyl (C=O) groups is 4. The molecule has 0 aliphatic carbocycles. The number of amides is 3. The van der Waals surface area contributed by atoms with Gasteiger partial charge in [-0.2, -0.15) is 0 Å². The van der Waals surface area contributed by atoms with Gasteiger partial charge in [0, 0.05) is 44.6 Å². The van der Waals surface area contributed by atoms with Crippen LogP contribution in [0.4, 0.5) is 9.52 Å². The number of allylic oxidation sites excluding steroid dienone is 2. The second-order valence-electron chi connectivity index (χ2n) is 13.6. The lowest BCUT2D eigenvalue weighted by Gasteiger charge is -2.30. The van der Waals surface area contributed by atoms with E-state index in [4.69, 9.17) is 14.9 Å². The lowest BCUT2D eigenvalue weighted by molar-refractivity contribution is -0.159. The maximum atomic E-state index is 14.8. The number of oxazole rings is 1. The number of rotatable bonds is 7. The molecule has 5 N–H and O–H groups in total. The van der Waals surface area contributed by atoms with Gasteiger partial charge in [0.2, 0.25) is 11.8 Å². The number of hydrogen-bond acceptors (Lipinski definition) is 13. The summed E-state index contributed by atoms with van der Waals surface area (Å²) in [5, 5.41) is 24.7. The van der Waals surface area contributed by atoms with Gasteiger partial charge in [-0.15, -0.1) is 5.10 Å². The van der Waals surface area contributed by atoms with E-state index in [1.165, 1.54) is 28.4 Å². The third-order valence-corrected chi connectivity index (χ3v) is 9.75. The van der Waals surface area contributed by atoms with Crippen molar-refractivity contribution in [2.24, 2.45) is 11.8 Å². The van der Waals surface area contributed by atoms with Crippen LogP contribution in [-0.2, 0) is 32.1 Å². The number of carbonyl (C=O) groups excluding carboxylic acids is 4. The van der Waals surface area contributed by atoms with Crippen molar-refractivity contribution >= 4 is 40.2 Å². The van der Waals surface area contributed by atoms with E-state index in [0.717, 1.165) is 11.1 Å². The van der Waals surface area contributed by atoms with E-state index >= 15 is 0 Å². The molecule has 1 saturated heterocycles. The minimum atomic E-state index is -1.50. The van der Waals surface area contributed by atoms with E-state index < -0.39 is 48.1 Å². The van der Waals surface area contributed by atoms with Crippen LogP contribution in [0.15, 0.2) is 59.0 Å². The Hall–Kier alpha value is -5.23. The maximum Gasteiger partial charge on any atom is 0.329 e. The minimum absolute atomic E-state index is 0.00791. The molecular weight excluding hydrogens is 722 g/mol. The number of nitrogens with zero attached hydrogens (tertiary/aromatic N) is 6. The zero-order valence-corrected chi connectivity index (χ0v) is 31.2. The lowest BCUT2D eigenvalue weighted by atomic mass is 9.89. The Bertz CT molecular complexity index is 1870. The second kappa shape index (κ2) is 18.7. The Morgan fingerprint density at radius 1 is 1.24 bits per heavy atom. The second-order valence-corrected chi connectivity index (χ2v) is 14.7. The number of thiazole rings is 1. The number of nitrogens with one attached hydrogen (secondary N) is 2. The lowest BCUT2D eigenvalue weighted by Crippen LogP contribution is -2.44. The summed E-state index contributed by atoms with van der Waals surface area (Å²) < 4.78 is 27.9. The summed E-state index contributed by atoms with van der Waals surface area (Å²) in [6.45, 7) is 6.39. The van der Waals surface area contributed by atoms with Gasteiger partial charge < -0.3 is 35.5 Å². The van der Waals surface area contributed by atoms with Crippen LogP contribution in [0.25, 0.3) is 10.6 Å². The molecule has 2 aliphatic heterocycles. The number of aromatic nitrogens is 5. The first-order chi connectivity index (χ1) is 25.9. The third kappa shape index (κ3) is 11.1. The zero-order chi connectivity index (χ0) is 38.8.